The normalized spacial score (nSPS) is 13.1. The van der Waals surface area contributed by atoms with Gasteiger partial charge in [-0.2, -0.15) is 13.7 Å². The highest BCUT2D eigenvalue weighted by atomic mass is 32.2. The molecule has 0 saturated heterocycles. The molecule has 0 aliphatic carbocycles. The first-order valence-electron chi connectivity index (χ1n) is 8.05. The van der Waals surface area contributed by atoms with Crippen molar-refractivity contribution in [3.63, 3.8) is 0 Å². The summed E-state index contributed by atoms with van der Waals surface area (Å²) >= 11 is 0. The van der Waals surface area contributed by atoms with Crippen molar-refractivity contribution in [2.45, 2.75) is 34.1 Å². The summed E-state index contributed by atoms with van der Waals surface area (Å²) < 4.78 is 30.3. The van der Waals surface area contributed by atoms with E-state index in [0.717, 1.165) is 0 Å². The molecule has 1 rings (SSSR count). The molecule has 144 valence electrons. The van der Waals surface area contributed by atoms with Crippen molar-refractivity contribution in [3.8, 4) is 11.8 Å². The number of nitriles is 1. The fourth-order valence-corrected chi connectivity index (χ4v) is 3.45. The summed E-state index contributed by atoms with van der Waals surface area (Å²) in [7, 11) is -4.03. The number of hydrogen-bond acceptors (Lipinski definition) is 5. The van der Waals surface area contributed by atoms with Crippen molar-refractivity contribution in [2.24, 2.45) is 22.4 Å². The Bertz CT molecular complexity index is 797. The molecule has 0 radical (unpaired) electrons. The zero-order chi connectivity index (χ0) is 20.1. The molecule has 9 heteroatoms. The van der Waals surface area contributed by atoms with Crippen LogP contribution >= 0.6 is 0 Å². The van der Waals surface area contributed by atoms with Gasteiger partial charge in [-0.1, -0.05) is 33.8 Å². The molecular weight excluding hydrogens is 358 g/mol. The Labute approximate surface area is 154 Å². The monoisotopic (exact) mass is 383 g/mol. The van der Waals surface area contributed by atoms with Crippen LogP contribution in [0.2, 0.25) is 0 Å². The fourth-order valence-electron chi connectivity index (χ4n) is 2.98. The van der Waals surface area contributed by atoms with E-state index in [-0.39, 0.29) is 41.9 Å². The van der Waals surface area contributed by atoms with Crippen molar-refractivity contribution in [3.05, 3.63) is 23.8 Å². The SMILES string of the molecule is CC(C)C(CC(=O)O)C(C)(C)COc1cccc(NS(N)(=O)=O)c1C#N. The summed E-state index contributed by atoms with van der Waals surface area (Å²) in [6, 6.07) is 6.39. The third-order valence-electron chi connectivity index (χ3n) is 4.19. The minimum atomic E-state index is -4.03. The minimum Gasteiger partial charge on any atom is -0.492 e. The van der Waals surface area contributed by atoms with Crippen molar-refractivity contribution in [1.29, 1.82) is 5.26 Å². The number of aliphatic carboxylic acids is 1. The predicted octanol–water partition coefficient (Wildman–Crippen LogP) is 2.33. The molecule has 1 atom stereocenters. The molecule has 1 aromatic rings. The topological polar surface area (TPSA) is 143 Å². The Kier molecular flexibility index (Phi) is 7.00. The summed E-state index contributed by atoms with van der Waals surface area (Å²) in [5, 5.41) is 23.5. The zero-order valence-corrected chi connectivity index (χ0v) is 16.1. The van der Waals surface area contributed by atoms with E-state index in [0.29, 0.717) is 0 Å². The van der Waals surface area contributed by atoms with Gasteiger partial charge in [-0.25, -0.2) is 5.14 Å². The molecule has 0 aliphatic rings. The van der Waals surface area contributed by atoms with Crippen LogP contribution in [0.25, 0.3) is 0 Å². The zero-order valence-electron chi connectivity index (χ0n) is 15.3. The second-order valence-electron chi connectivity index (χ2n) is 7.16. The van der Waals surface area contributed by atoms with Gasteiger partial charge < -0.3 is 9.84 Å². The highest BCUT2D eigenvalue weighted by Gasteiger charge is 2.34. The standard InChI is InChI=1S/C17H25N3O5S/c1-11(2)13(8-16(21)22)17(3,4)10-25-15-7-5-6-14(12(15)9-18)20-26(19,23)24/h5-7,11,13,20H,8,10H2,1-4H3,(H,21,22)(H2,19,23,24). The Balaban J connectivity index is 3.07. The lowest BCUT2D eigenvalue weighted by Crippen LogP contribution is -2.35. The van der Waals surface area contributed by atoms with Crippen LogP contribution in [0.15, 0.2) is 18.2 Å². The fraction of sp³-hybridized carbons (Fsp3) is 0.529. The lowest BCUT2D eigenvalue weighted by atomic mass is 9.71. The van der Waals surface area contributed by atoms with Crippen molar-refractivity contribution >= 4 is 21.9 Å². The van der Waals surface area contributed by atoms with Gasteiger partial charge in [0, 0.05) is 11.8 Å². The van der Waals surface area contributed by atoms with Gasteiger partial charge in [0.05, 0.1) is 12.3 Å². The van der Waals surface area contributed by atoms with Crippen LogP contribution in [0.1, 0.15) is 39.7 Å². The summed E-state index contributed by atoms with van der Waals surface area (Å²) in [5.74, 6) is -0.701. The van der Waals surface area contributed by atoms with E-state index in [1.54, 1.807) is 6.07 Å². The van der Waals surface area contributed by atoms with Gasteiger partial charge >= 0.3 is 5.97 Å². The highest BCUT2D eigenvalue weighted by Crippen LogP contribution is 2.37. The average molecular weight is 383 g/mol. The molecule has 1 unspecified atom stereocenters. The number of rotatable bonds is 9. The molecule has 0 aliphatic heterocycles. The maximum atomic E-state index is 11.2. The Morgan fingerprint density at radius 3 is 2.50 bits per heavy atom. The van der Waals surface area contributed by atoms with Gasteiger partial charge in [-0.05, 0) is 24.0 Å². The van der Waals surface area contributed by atoms with Crippen LogP contribution in [0.5, 0.6) is 5.75 Å². The van der Waals surface area contributed by atoms with E-state index in [2.05, 4.69) is 4.72 Å². The maximum absolute atomic E-state index is 11.2. The van der Waals surface area contributed by atoms with E-state index >= 15 is 0 Å². The number of carboxylic acids is 1. The number of nitrogens with two attached hydrogens (primary N) is 1. The number of ether oxygens (including phenoxy) is 1. The summed E-state index contributed by atoms with van der Waals surface area (Å²) in [6.07, 6.45) is 0.00610. The molecule has 0 bridgehead atoms. The van der Waals surface area contributed by atoms with Gasteiger partial charge in [-0.15, -0.1) is 0 Å². The second-order valence-corrected chi connectivity index (χ2v) is 8.46. The number of nitrogens with one attached hydrogen (secondary N) is 1. The molecule has 0 saturated carbocycles. The van der Waals surface area contributed by atoms with Crippen LogP contribution in [-0.4, -0.2) is 26.1 Å². The Morgan fingerprint density at radius 2 is 2.04 bits per heavy atom. The van der Waals surface area contributed by atoms with E-state index in [1.807, 2.05) is 33.8 Å². The molecule has 0 aromatic heterocycles. The molecule has 4 N–H and O–H groups in total. The first-order chi connectivity index (χ1) is 11.9. The van der Waals surface area contributed by atoms with Crippen LogP contribution < -0.4 is 14.6 Å². The van der Waals surface area contributed by atoms with Gasteiger partial charge in [0.2, 0.25) is 0 Å². The van der Waals surface area contributed by atoms with E-state index < -0.39 is 21.6 Å². The summed E-state index contributed by atoms with van der Waals surface area (Å²) in [5.41, 5.74) is -0.448. The number of nitrogens with zero attached hydrogens (tertiary/aromatic N) is 1. The molecule has 8 nitrogen and oxygen atoms in total. The van der Waals surface area contributed by atoms with Crippen LogP contribution in [0, 0.1) is 28.6 Å². The first kappa shape index (κ1) is 21.7. The van der Waals surface area contributed by atoms with Gasteiger partial charge in [0.1, 0.15) is 17.4 Å². The lowest BCUT2D eigenvalue weighted by Gasteiger charge is -2.36. The highest BCUT2D eigenvalue weighted by molar-refractivity contribution is 7.90. The second kappa shape index (κ2) is 8.38. The quantitative estimate of drug-likeness (QED) is 0.597. The van der Waals surface area contributed by atoms with E-state index in [9.17, 15) is 18.5 Å². The number of carbonyl (C=O) groups is 1. The number of benzene rings is 1. The third kappa shape index (κ3) is 6.20. The number of hydrogen-bond donors (Lipinski definition) is 3. The molecule has 0 amide bonds. The molecular formula is C17H25N3O5S. The van der Waals surface area contributed by atoms with E-state index in [4.69, 9.17) is 15.0 Å². The predicted molar refractivity (Wildman–Crippen MR) is 97.7 cm³/mol. The van der Waals surface area contributed by atoms with Crippen molar-refractivity contribution < 1.29 is 23.1 Å². The summed E-state index contributed by atoms with van der Waals surface area (Å²) in [6.45, 7) is 7.87. The van der Waals surface area contributed by atoms with Crippen LogP contribution in [0.3, 0.4) is 0 Å². The molecule has 0 spiro atoms. The van der Waals surface area contributed by atoms with Crippen LogP contribution in [-0.2, 0) is 15.0 Å². The van der Waals surface area contributed by atoms with Gasteiger partial charge in [-0.3, -0.25) is 9.52 Å². The van der Waals surface area contributed by atoms with Gasteiger partial charge in [0.25, 0.3) is 10.2 Å². The van der Waals surface area contributed by atoms with Gasteiger partial charge in [0.15, 0.2) is 0 Å². The maximum Gasteiger partial charge on any atom is 0.303 e. The molecule has 26 heavy (non-hydrogen) atoms. The Hall–Kier alpha value is -2.31. The first-order valence-corrected chi connectivity index (χ1v) is 9.60. The molecule has 0 fully saturated rings. The van der Waals surface area contributed by atoms with E-state index in [1.165, 1.54) is 12.1 Å². The molecule has 0 heterocycles. The molecule has 1 aromatic carbocycles. The smallest absolute Gasteiger partial charge is 0.303 e. The number of anilines is 1. The van der Waals surface area contributed by atoms with Crippen molar-refractivity contribution in [1.82, 2.24) is 0 Å². The Morgan fingerprint density at radius 1 is 1.42 bits per heavy atom. The minimum absolute atomic E-state index is 0.00610. The van der Waals surface area contributed by atoms with Crippen LogP contribution in [0.4, 0.5) is 5.69 Å². The average Bonchev–Trinajstić information content (AvgIpc) is 2.48. The largest absolute Gasteiger partial charge is 0.492 e. The van der Waals surface area contributed by atoms with Crippen molar-refractivity contribution in [2.75, 3.05) is 11.3 Å². The lowest BCUT2D eigenvalue weighted by molar-refractivity contribution is -0.140. The summed E-state index contributed by atoms with van der Waals surface area (Å²) in [4.78, 5) is 11.2. The number of carboxylic acid groups (broad SMARTS) is 1. The third-order valence-corrected chi connectivity index (χ3v) is 4.70.